The van der Waals surface area contributed by atoms with Crippen LogP contribution in [0.15, 0.2) is 55.0 Å². The predicted octanol–water partition coefficient (Wildman–Crippen LogP) is 1.88. The van der Waals surface area contributed by atoms with Gasteiger partial charge in [-0.05, 0) is 43.3 Å². The monoisotopic (exact) mass is 400 g/mol. The van der Waals surface area contributed by atoms with Crippen molar-refractivity contribution in [1.29, 1.82) is 0 Å². The van der Waals surface area contributed by atoms with Gasteiger partial charge in [-0.25, -0.2) is 4.68 Å². The number of hydrogen-bond acceptors (Lipinski definition) is 7. The number of carbonyl (C=O) groups is 1. The van der Waals surface area contributed by atoms with Crippen LogP contribution in [0.2, 0.25) is 0 Å². The molecule has 5 rings (SSSR count). The second-order valence-corrected chi connectivity index (χ2v) is 7.19. The van der Waals surface area contributed by atoms with Gasteiger partial charge in [-0.1, -0.05) is 0 Å². The number of fused-ring (bicyclic) bond motifs is 1. The van der Waals surface area contributed by atoms with Crippen LogP contribution in [0.4, 0.5) is 5.82 Å². The standard InChI is InChI=1S/C21H20N8O/c1-15-6-9-29(26-15)20-5-4-19(24-25-20)27-10-12-28(13-11-27)21(30)16-2-3-17-18(14-16)23-8-7-22-17/h2-9,14H,10-13H2,1H3. The highest BCUT2D eigenvalue weighted by atomic mass is 16.2. The Morgan fingerprint density at radius 2 is 1.60 bits per heavy atom. The number of aromatic nitrogens is 6. The van der Waals surface area contributed by atoms with Crippen molar-refractivity contribution in [2.45, 2.75) is 6.92 Å². The maximum atomic E-state index is 12.9. The lowest BCUT2D eigenvalue weighted by molar-refractivity contribution is 0.0746. The van der Waals surface area contributed by atoms with E-state index in [0.29, 0.717) is 37.6 Å². The van der Waals surface area contributed by atoms with Gasteiger partial charge in [0.05, 0.1) is 16.7 Å². The second kappa shape index (κ2) is 7.51. The van der Waals surface area contributed by atoms with E-state index in [1.54, 1.807) is 23.1 Å². The van der Waals surface area contributed by atoms with Gasteiger partial charge in [-0.2, -0.15) is 5.10 Å². The summed E-state index contributed by atoms with van der Waals surface area (Å²) in [6, 6.07) is 11.2. The van der Waals surface area contributed by atoms with Crippen molar-refractivity contribution < 1.29 is 4.79 Å². The van der Waals surface area contributed by atoms with Gasteiger partial charge in [0.15, 0.2) is 11.6 Å². The third kappa shape index (κ3) is 3.45. The average molecular weight is 400 g/mol. The molecule has 0 radical (unpaired) electrons. The van der Waals surface area contributed by atoms with Crippen LogP contribution >= 0.6 is 0 Å². The number of carbonyl (C=O) groups excluding carboxylic acids is 1. The van der Waals surface area contributed by atoms with E-state index in [-0.39, 0.29) is 5.91 Å². The van der Waals surface area contributed by atoms with Gasteiger partial charge in [0.1, 0.15) is 0 Å². The summed E-state index contributed by atoms with van der Waals surface area (Å²) in [5, 5.41) is 13.0. The van der Waals surface area contributed by atoms with Crippen molar-refractivity contribution in [2.75, 3.05) is 31.1 Å². The van der Waals surface area contributed by atoms with Crippen molar-refractivity contribution in [1.82, 2.24) is 34.8 Å². The highest BCUT2D eigenvalue weighted by molar-refractivity contribution is 5.97. The predicted molar refractivity (Wildman–Crippen MR) is 112 cm³/mol. The molecule has 1 aliphatic rings. The van der Waals surface area contributed by atoms with Gasteiger partial charge >= 0.3 is 0 Å². The molecular formula is C21H20N8O. The summed E-state index contributed by atoms with van der Waals surface area (Å²) in [5.41, 5.74) is 3.08. The summed E-state index contributed by atoms with van der Waals surface area (Å²) in [6.45, 7) is 4.59. The minimum Gasteiger partial charge on any atom is -0.352 e. The zero-order chi connectivity index (χ0) is 20.5. The molecule has 4 heterocycles. The van der Waals surface area contributed by atoms with Crippen LogP contribution in [0, 0.1) is 6.92 Å². The molecule has 0 N–H and O–H groups in total. The Labute approximate surface area is 173 Å². The Morgan fingerprint density at radius 3 is 2.30 bits per heavy atom. The first-order chi connectivity index (χ1) is 14.7. The van der Waals surface area contributed by atoms with Crippen molar-refractivity contribution in [3.8, 4) is 5.82 Å². The molecule has 9 nitrogen and oxygen atoms in total. The van der Waals surface area contributed by atoms with Crippen LogP contribution in [-0.4, -0.2) is 66.9 Å². The smallest absolute Gasteiger partial charge is 0.254 e. The molecular weight excluding hydrogens is 380 g/mol. The summed E-state index contributed by atoms with van der Waals surface area (Å²) >= 11 is 0. The molecule has 0 saturated carbocycles. The first-order valence-electron chi connectivity index (χ1n) is 9.79. The van der Waals surface area contributed by atoms with Crippen LogP contribution in [0.5, 0.6) is 0 Å². The van der Waals surface area contributed by atoms with Crippen LogP contribution in [0.3, 0.4) is 0 Å². The highest BCUT2D eigenvalue weighted by Gasteiger charge is 2.23. The molecule has 4 aromatic rings. The van der Waals surface area contributed by atoms with Crippen molar-refractivity contribution >= 4 is 22.8 Å². The number of hydrogen-bond donors (Lipinski definition) is 0. The number of rotatable bonds is 3. The maximum Gasteiger partial charge on any atom is 0.254 e. The molecule has 0 spiro atoms. The van der Waals surface area contributed by atoms with Gasteiger partial charge in [-0.3, -0.25) is 14.8 Å². The lowest BCUT2D eigenvalue weighted by Crippen LogP contribution is -2.49. The first kappa shape index (κ1) is 18.2. The van der Waals surface area contributed by atoms with Crippen LogP contribution in [0.1, 0.15) is 16.1 Å². The normalized spacial score (nSPS) is 14.3. The Morgan fingerprint density at radius 1 is 0.867 bits per heavy atom. The molecule has 1 aromatic carbocycles. The number of aryl methyl sites for hydroxylation is 1. The van der Waals surface area contributed by atoms with Gasteiger partial charge in [-0.15, -0.1) is 10.2 Å². The summed E-state index contributed by atoms with van der Waals surface area (Å²) in [4.78, 5) is 25.5. The number of nitrogens with zero attached hydrogens (tertiary/aromatic N) is 8. The Hall–Kier alpha value is -3.88. The minimum absolute atomic E-state index is 0.0117. The van der Waals surface area contributed by atoms with E-state index in [9.17, 15) is 4.79 Å². The topological polar surface area (TPSA) is 92.9 Å². The number of amides is 1. The molecule has 1 saturated heterocycles. The van der Waals surface area contributed by atoms with Gasteiger partial charge in [0.25, 0.3) is 5.91 Å². The van der Waals surface area contributed by atoms with E-state index >= 15 is 0 Å². The Balaban J connectivity index is 1.25. The average Bonchev–Trinajstić information content (AvgIpc) is 3.25. The van der Waals surface area contributed by atoms with E-state index in [1.165, 1.54) is 0 Å². The molecule has 3 aromatic heterocycles. The molecule has 1 amide bonds. The first-order valence-corrected chi connectivity index (χ1v) is 9.79. The van der Waals surface area contributed by atoms with E-state index in [2.05, 4.69) is 30.2 Å². The fourth-order valence-corrected chi connectivity index (χ4v) is 3.57. The SMILES string of the molecule is Cc1ccn(-c2ccc(N3CCN(C(=O)c4ccc5nccnc5c4)CC3)nn2)n1. The van der Waals surface area contributed by atoms with Gasteiger partial charge in [0.2, 0.25) is 0 Å². The van der Waals surface area contributed by atoms with E-state index < -0.39 is 0 Å². The summed E-state index contributed by atoms with van der Waals surface area (Å²) in [5.74, 6) is 1.49. The highest BCUT2D eigenvalue weighted by Crippen LogP contribution is 2.17. The third-order valence-corrected chi connectivity index (χ3v) is 5.20. The quantitative estimate of drug-likeness (QED) is 0.518. The molecule has 1 fully saturated rings. The van der Waals surface area contributed by atoms with Crippen LogP contribution in [0.25, 0.3) is 16.9 Å². The van der Waals surface area contributed by atoms with E-state index in [0.717, 1.165) is 22.5 Å². The third-order valence-electron chi connectivity index (χ3n) is 5.20. The van der Waals surface area contributed by atoms with E-state index in [1.807, 2.05) is 48.4 Å². The van der Waals surface area contributed by atoms with E-state index in [4.69, 9.17) is 0 Å². The zero-order valence-electron chi connectivity index (χ0n) is 16.5. The Kier molecular flexibility index (Phi) is 4.55. The number of anilines is 1. The Bertz CT molecular complexity index is 1200. The zero-order valence-corrected chi connectivity index (χ0v) is 16.5. The second-order valence-electron chi connectivity index (χ2n) is 7.19. The molecule has 0 aliphatic carbocycles. The minimum atomic E-state index is 0.0117. The summed E-state index contributed by atoms with van der Waals surface area (Å²) in [6.07, 6.45) is 5.14. The summed E-state index contributed by atoms with van der Waals surface area (Å²) in [7, 11) is 0. The molecule has 1 aliphatic heterocycles. The van der Waals surface area contributed by atoms with Gasteiger partial charge < -0.3 is 9.80 Å². The van der Waals surface area contributed by atoms with Crippen molar-refractivity contribution in [2.24, 2.45) is 0 Å². The lowest BCUT2D eigenvalue weighted by Gasteiger charge is -2.35. The van der Waals surface area contributed by atoms with Gasteiger partial charge in [0, 0.05) is 50.3 Å². The molecule has 9 heteroatoms. The van der Waals surface area contributed by atoms with Crippen LogP contribution < -0.4 is 4.90 Å². The largest absolute Gasteiger partial charge is 0.352 e. The molecule has 150 valence electrons. The number of benzene rings is 1. The maximum absolute atomic E-state index is 12.9. The molecule has 0 bridgehead atoms. The summed E-state index contributed by atoms with van der Waals surface area (Å²) < 4.78 is 1.71. The fraction of sp³-hybridized carbons (Fsp3) is 0.238. The fourth-order valence-electron chi connectivity index (χ4n) is 3.57. The van der Waals surface area contributed by atoms with Crippen LogP contribution in [-0.2, 0) is 0 Å². The van der Waals surface area contributed by atoms with Crippen molar-refractivity contribution in [3.05, 3.63) is 66.2 Å². The van der Waals surface area contributed by atoms with Crippen molar-refractivity contribution in [3.63, 3.8) is 0 Å². The molecule has 0 atom stereocenters. The number of piperazine rings is 1. The lowest BCUT2D eigenvalue weighted by atomic mass is 10.1. The molecule has 30 heavy (non-hydrogen) atoms. The molecule has 0 unspecified atom stereocenters.